The summed E-state index contributed by atoms with van der Waals surface area (Å²) in [4.78, 5) is 18.6. The average molecular weight is 350 g/mol. The van der Waals surface area contributed by atoms with Gasteiger partial charge in [-0.05, 0) is 34.7 Å². The summed E-state index contributed by atoms with van der Waals surface area (Å²) in [6.07, 6.45) is 2.35. The number of benzene rings is 3. The van der Waals surface area contributed by atoms with Crippen LogP contribution >= 0.6 is 8.60 Å². The van der Waals surface area contributed by atoms with E-state index in [1.165, 1.54) is 0 Å². The molecule has 4 heteroatoms. The summed E-state index contributed by atoms with van der Waals surface area (Å²) in [5.41, 5.74) is 5.10. The van der Waals surface area contributed by atoms with Crippen molar-refractivity contribution in [2.45, 2.75) is 6.42 Å². The second-order valence-electron chi connectivity index (χ2n) is 5.53. The summed E-state index contributed by atoms with van der Waals surface area (Å²) in [6.45, 7) is 3.84. The summed E-state index contributed by atoms with van der Waals surface area (Å²) >= 11 is 0. The van der Waals surface area contributed by atoms with Gasteiger partial charge in [0.1, 0.15) is 5.75 Å². The van der Waals surface area contributed by atoms with E-state index in [4.69, 9.17) is 4.52 Å². The fourth-order valence-corrected chi connectivity index (χ4v) is 3.29. The highest BCUT2D eigenvalue weighted by atomic mass is 31.2. The SMILES string of the molecule is C=CCc1c(OP(O)O)ccc(-c2ccccc2)c1-c1ccccc1. The second kappa shape index (κ2) is 8.09. The highest BCUT2D eigenvalue weighted by molar-refractivity contribution is 7.39. The summed E-state index contributed by atoms with van der Waals surface area (Å²) < 4.78 is 5.28. The maximum absolute atomic E-state index is 9.32. The van der Waals surface area contributed by atoms with Gasteiger partial charge in [0.05, 0.1) is 0 Å². The van der Waals surface area contributed by atoms with Crippen molar-refractivity contribution in [1.82, 2.24) is 0 Å². The molecule has 0 aliphatic carbocycles. The predicted octanol–water partition coefficient (Wildman–Crippen LogP) is 5.34. The van der Waals surface area contributed by atoms with Gasteiger partial charge < -0.3 is 14.3 Å². The van der Waals surface area contributed by atoms with Crippen molar-refractivity contribution < 1.29 is 14.3 Å². The molecule has 0 heterocycles. The van der Waals surface area contributed by atoms with Crippen molar-refractivity contribution >= 4 is 8.60 Å². The second-order valence-corrected chi connectivity index (χ2v) is 6.22. The van der Waals surface area contributed by atoms with Crippen LogP contribution in [-0.4, -0.2) is 9.79 Å². The van der Waals surface area contributed by atoms with Crippen molar-refractivity contribution in [3.05, 3.63) is 91.0 Å². The third-order valence-electron chi connectivity index (χ3n) is 3.95. The molecule has 25 heavy (non-hydrogen) atoms. The standard InChI is InChI=1S/C21H19O3P/c1-2-9-19-20(24-25(22)23)15-14-18(16-10-5-3-6-11-16)21(19)17-12-7-4-8-13-17/h2-8,10-15,22-23H,1,9H2. The first-order valence-electron chi connectivity index (χ1n) is 7.94. The number of rotatable bonds is 6. The van der Waals surface area contributed by atoms with Gasteiger partial charge in [0.25, 0.3) is 0 Å². The molecule has 3 rings (SSSR count). The van der Waals surface area contributed by atoms with Crippen LogP contribution in [-0.2, 0) is 6.42 Å². The van der Waals surface area contributed by atoms with Crippen LogP contribution < -0.4 is 4.52 Å². The van der Waals surface area contributed by atoms with Gasteiger partial charge in [-0.2, -0.15) is 0 Å². The van der Waals surface area contributed by atoms with E-state index in [-0.39, 0.29) is 0 Å². The molecule has 0 bridgehead atoms. The highest BCUT2D eigenvalue weighted by Gasteiger charge is 2.18. The van der Waals surface area contributed by atoms with E-state index in [9.17, 15) is 9.79 Å². The van der Waals surface area contributed by atoms with E-state index in [1.54, 1.807) is 12.1 Å². The van der Waals surface area contributed by atoms with Crippen LogP contribution in [0.15, 0.2) is 85.5 Å². The lowest BCUT2D eigenvalue weighted by Crippen LogP contribution is -1.98. The first kappa shape index (κ1) is 17.4. The van der Waals surface area contributed by atoms with Crippen LogP contribution in [0.5, 0.6) is 5.75 Å². The quantitative estimate of drug-likeness (QED) is 0.466. The van der Waals surface area contributed by atoms with E-state index in [0.717, 1.165) is 27.8 Å². The van der Waals surface area contributed by atoms with E-state index < -0.39 is 8.60 Å². The van der Waals surface area contributed by atoms with Crippen molar-refractivity contribution in [2.75, 3.05) is 0 Å². The third-order valence-corrected chi connectivity index (χ3v) is 4.31. The van der Waals surface area contributed by atoms with Crippen LogP contribution in [0.4, 0.5) is 0 Å². The molecular weight excluding hydrogens is 331 g/mol. The smallest absolute Gasteiger partial charge is 0.391 e. The molecule has 0 saturated heterocycles. The zero-order valence-corrected chi connectivity index (χ0v) is 14.6. The minimum Gasteiger partial charge on any atom is -0.427 e. The third kappa shape index (κ3) is 3.97. The lowest BCUT2D eigenvalue weighted by atomic mass is 9.89. The summed E-state index contributed by atoms with van der Waals surface area (Å²) in [5, 5.41) is 0. The summed E-state index contributed by atoms with van der Waals surface area (Å²) in [7, 11) is -2.48. The zero-order valence-electron chi connectivity index (χ0n) is 13.7. The molecule has 0 amide bonds. The largest absolute Gasteiger partial charge is 0.427 e. The van der Waals surface area contributed by atoms with Gasteiger partial charge in [-0.1, -0.05) is 72.8 Å². The van der Waals surface area contributed by atoms with Crippen LogP contribution in [0.3, 0.4) is 0 Å². The van der Waals surface area contributed by atoms with Crippen LogP contribution in [0.2, 0.25) is 0 Å². The van der Waals surface area contributed by atoms with Gasteiger partial charge in [-0.25, -0.2) is 0 Å². The lowest BCUT2D eigenvalue weighted by Gasteiger charge is -2.19. The first-order valence-corrected chi connectivity index (χ1v) is 9.10. The number of allylic oxidation sites excluding steroid dienone is 1. The monoisotopic (exact) mass is 350 g/mol. The Bertz CT molecular complexity index is 846. The van der Waals surface area contributed by atoms with E-state index in [1.807, 2.05) is 54.6 Å². The zero-order chi connectivity index (χ0) is 17.6. The Morgan fingerprint density at radius 2 is 1.44 bits per heavy atom. The molecule has 0 unspecified atom stereocenters. The number of hydrogen-bond donors (Lipinski definition) is 2. The molecule has 0 aliphatic heterocycles. The van der Waals surface area contributed by atoms with Crippen molar-refractivity contribution in [1.29, 1.82) is 0 Å². The van der Waals surface area contributed by atoms with Gasteiger partial charge in [0, 0.05) is 5.56 Å². The van der Waals surface area contributed by atoms with Crippen LogP contribution in [0.25, 0.3) is 22.3 Å². The Hall–Kier alpha value is -2.45. The Kier molecular flexibility index (Phi) is 5.62. The summed E-state index contributed by atoms with van der Waals surface area (Å²) in [6, 6.07) is 23.9. The molecule has 0 aromatic heterocycles. The van der Waals surface area contributed by atoms with Gasteiger partial charge >= 0.3 is 8.60 Å². The van der Waals surface area contributed by atoms with E-state index >= 15 is 0 Å². The molecule has 3 aromatic carbocycles. The molecule has 0 saturated carbocycles. The normalized spacial score (nSPS) is 10.7. The summed E-state index contributed by atoms with van der Waals surface area (Å²) in [5.74, 6) is 0.467. The Morgan fingerprint density at radius 3 is 2.00 bits per heavy atom. The predicted molar refractivity (Wildman–Crippen MR) is 103 cm³/mol. The molecule has 126 valence electrons. The molecular formula is C21H19O3P. The fourth-order valence-electron chi connectivity index (χ4n) is 2.94. The van der Waals surface area contributed by atoms with Crippen LogP contribution in [0.1, 0.15) is 5.56 Å². The lowest BCUT2D eigenvalue weighted by molar-refractivity contribution is 0.374. The van der Waals surface area contributed by atoms with Gasteiger partial charge in [-0.15, -0.1) is 6.58 Å². The molecule has 0 aliphatic rings. The number of hydrogen-bond acceptors (Lipinski definition) is 3. The van der Waals surface area contributed by atoms with Crippen molar-refractivity contribution in [2.24, 2.45) is 0 Å². The van der Waals surface area contributed by atoms with Gasteiger partial charge in [0.2, 0.25) is 0 Å². The molecule has 0 spiro atoms. The maximum atomic E-state index is 9.32. The van der Waals surface area contributed by atoms with Crippen LogP contribution in [0, 0.1) is 0 Å². The van der Waals surface area contributed by atoms with Gasteiger partial charge in [-0.3, -0.25) is 0 Å². The minimum atomic E-state index is -2.48. The Labute approximate surface area is 148 Å². The Balaban J connectivity index is 2.29. The molecule has 0 fully saturated rings. The maximum Gasteiger partial charge on any atom is 0.391 e. The molecule has 0 radical (unpaired) electrons. The van der Waals surface area contributed by atoms with E-state index in [2.05, 4.69) is 18.7 Å². The van der Waals surface area contributed by atoms with Crippen molar-refractivity contribution in [3.63, 3.8) is 0 Å². The van der Waals surface area contributed by atoms with E-state index in [0.29, 0.717) is 12.2 Å². The highest BCUT2D eigenvalue weighted by Crippen LogP contribution is 2.42. The fraction of sp³-hybridized carbons (Fsp3) is 0.0476. The Morgan fingerprint density at radius 1 is 0.840 bits per heavy atom. The minimum absolute atomic E-state index is 0.467. The first-order chi connectivity index (χ1) is 12.2. The van der Waals surface area contributed by atoms with Gasteiger partial charge in [0.15, 0.2) is 0 Å². The molecule has 3 aromatic rings. The molecule has 2 N–H and O–H groups in total. The van der Waals surface area contributed by atoms with Crippen molar-refractivity contribution in [3.8, 4) is 28.0 Å². The average Bonchev–Trinajstić information content (AvgIpc) is 2.64. The molecule has 0 atom stereocenters. The topological polar surface area (TPSA) is 49.7 Å². The molecule has 3 nitrogen and oxygen atoms in total.